The number of rotatable bonds is 4. The lowest BCUT2D eigenvalue weighted by atomic mass is 10.1. The molecule has 0 saturated heterocycles. The minimum Gasteiger partial charge on any atom is -0.349 e. The number of carbonyl (C=O) groups is 1. The number of hydrogen-bond donors (Lipinski definition) is 1. The normalized spacial score (nSPS) is 13.7. The van der Waals surface area contributed by atoms with Gasteiger partial charge in [0.05, 0.1) is 17.6 Å². The summed E-state index contributed by atoms with van der Waals surface area (Å²) in [5.41, 5.74) is 1.76. The molecule has 1 saturated carbocycles. The molecule has 2 aromatic carbocycles. The zero-order valence-corrected chi connectivity index (χ0v) is 14.4. The van der Waals surface area contributed by atoms with Gasteiger partial charge in [-0.25, -0.2) is 0 Å². The van der Waals surface area contributed by atoms with Crippen LogP contribution in [-0.2, 0) is 13.6 Å². The Hall–Kier alpha value is -3.15. The molecule has 1 aliphatic carbocycles. The van der Waals surface area contributed by atoms with Crippen LogP contribution in [0, 0.1) is 0 Å². The molecule has 0 atom stereocenters. The fourth-order valence-electron chi connectivity index (χ4n) is 3.05. The minimum atomic E-state index is -0.554. The van der Waals surface area contributed by atoms with E-state index in [9.17, 15) is 14.4 Å². The first-order valence-corrected chi connectivity index (χ1v) is 8.63. The second-order valence-electron chi connectivity index (χ2n) is 6.69. The molecule has 6 heteroatoms. The molecule has 0 radical (unpaired) electrons. The monoisotopic (exact) mass is 349 g/mol. The van der Waals surface area contributed by atoms with Crippen LogP contribution in [0.4, 0.5) is 0 Å². The zero-order chi connectivity index (χ0) is 18.3. The highest BCUT2D eigenvalue weighted by molar-refractivity contribution is 5.94. The predicted molar refractivity (Wildman–Crippen MR) is 99.5 cm³/mol. The Morgan fingerprint density at radius 2 is 1.65 bits per heavy atom. The molecule has 0 bridgehead atoms. The maximum Gasteiger partial charge on any atom is 0.317 e. The van der Waals surface area contributed by atoms with Gasteiger partial charge in [-0.2, -0.15) is 0 Å². The summed E-state index contributed by atoms with van der Waals surface area (Å²) in [6.07, 6.45) is 2.09. The van der Waals surface area contributed by atoms with E-state index in [0.29, 0.717) is 22.6 Å². The lowest BCUT2D eigenvalue weighted by Gasteiger charge is -2.13. The van der Waals surface area contributed by atoms with Crippen LogP contribution in [0.25, 0.3) is 11.0 Å². The Morgan fingerprint density at radius 1 is 1.00 bits per heavy atom. The second-order valence-corrected chi connectivity index (χ2v) is 6.69. The van der Waals surface area contributed by atoms with Crippen LogP contribution in [0.15, 0.2) is 58.1 Å². The van der Waals surface area contributed by atoms with Crippen LogP contribution in [-0.4, -0.2) is 21.1 Å². The molecule has 0 unspecified atom stereocenters. The quantitative estimate of drug-likeness (QED) is 0.728. The van der Waals surface area contributed by atoms with Crippen molar-refractivity contribution in [3.05, 3.63) is 80.4 Å². The highest BCUT2D eigenvalue weighted by atomic mass is 16.2. The number of aromatic nitrogens is 2. The van der Waals surface area contributed by atoms with Gasteiger partial charge in [0.25, 0.3) is 5.91 Å². The van der Waals surface area contributed by atoms with Gasteiger partial charge < -0.3 is 9.88 Å². The van der Waals surface area contributed by atoms with E-state index in [-0.39, 0.29) is 12.5 Å². The van der Waals surface area contributed by atoms with Crippen molar-refractivity contribution in [3.63, 3.8) is 0 Å². The number of nitrogens with one attached hydrogen (secondary N) is 1. The second kappa shape index (κ2) is 6.29. The molecule has 3 aromatic rings. The number of para-hydroxylation sites is 2. The van der Waals surface area contributed by atoms with Crippen molar-refractivity contribution in [1.82, 2.24) is 14.5 Å². The molecule has 132 valence electrons. The molecule has 1 fully saturated rings. The van der Waals surface area contributed by atoms with E-state index in [1.54, 1.807) is 19.2 Å². The molecule has 1 aliphatic rings. The highest BCUT2D eigenvalue weighted by Crippen LogP contribution is 2.19. The van der Waals surface area contributed by atoms with Crippen molar-refractivity contribution in [3.8, 4) is 0 Å². The van der Waals surface area contributed by atoms with Crippen LogP contribution in [0.1, 0.15) is 28.8 Å². The maximum absolute atomic E-state index is 12.5. The van der Waals surface area contributed by atoms with Crippen LogP contribution >= 0.6 is 0 Å². The number of carbonyl (C=O) groups excluding carboxylic acids is 1. The third-order valence-electron chi connectivity index (χ3n) is 4.74. The summed E-state index contributed by atoms with van der Waals surface area (Å²) in [6, 6.07) is 14.8. The predicted octanol–water partition coefficient (Wildman–Crippen LogP) is 1.64. The van der Waals surface area contributed by atoms with E-state index in [4.69, 9.17) is 0 Å². The maximum atomic E-state index is 12.5. The van der Waals surface area contributed by atoms with E-state index in [1.807, 2.05) is 36.4 Å². The van der Waals surface area contributed by atoms with Crippen LogP contribution in [0.2, 0.25) is 0 Å². The molecule has 6 nitrogen and oxygen atoms in total. The Kier molecular flexibility index (Phi) is 3.95. The molecule has 4 rings (SSSR count). The lowest BCUT2D eigenvalue weighted by molar-refractivity contribution is 0.0951. The van der Waals surface area contributed by atoms with Gasteiger partial charge in [-0.3, -0.25) is 19.0 Å². The summed E-state index contributed by atoms with van der Waals surface area (Å²) in [7, 11) is 1.60. The smallest absolute Gasteiger partial charge is 0.317 e. The van der Waals surface area contributed by atoms with Crippen molar-refractivity contribution >= 4 is 16.9 Å². The zero-order valence-electron chi connectivity index (χ0n) is 14.4. The van der Waals surface area contributed by atoms with Crippen LogP contribution < -0.4 is 16.4 Å². The Bertz CT molecular complexity index is 1110. The van der Waals surface area contributed by atoms with Crippen molar-refractivity contribution in [2.75, 3.05) is 0 Å². The van der Waals surface area contributed by atoms with Crippen molar-refractivity contribution in [2.45, 2.75) is 25.4 Å². The van der Waals surface area contributed by atoms with Gasteiger partial charge in [0.2, 0.25) is 0 Å². The molecule has 1 aromatic heterocycles. The number of benzene rings is 2. The molecule has 1 amide bonds. The van der Waals surface area contributed by atoms with Gasteiger partial charge in [0, 0.05) is 18.7 Å². The van der Waals surface area contributed by atoms with Gasteiger partial charge in [-0.1, -0.05) is 24.3 Å². The fraction of sp³-hybridized carbons (Fsp3) is 0.250. The standard InChI is InChI=1S/C20H19N3O3/c1-22-16-4-2-3-5-17(16)23(20(26)19(22)25)12-13-6-8-14(9-7-13)18(24)21-15-10-11-15/h2-9,15H,10-12H2,1H3,(H,21,24). The summed E-state index contributed by atoms with van der Waals surface area (Å²) < 4.78 is 2.86. The average Bonchev–Trinajstić information content (AvgIpc) is 3.48. The van der Waals surface area contributed by atoms with Gasteiger partial charge in [0.15, 0.2) is 0 Å². The molecular weight excluding hydrogens is 330 g/mol. The van der Waals surface area contributed by atoms with Gasteiger partial charge in [0.1, 0.15) is 0 Å². The first-order chi connectivity index (χ1) is 12.5. The fourth-order valence-corrected chi connectivity index (χ4v) is 3.05. The summed E-state index contributed by atoms with van der Waals surface area (Å²) in [6.45, 7) is 0.278. The van der Waals surface area contributed by atoms with E-state index in [1.165, 1.54) is 9.13 Å². The third-order valence-corrected chi connectivity index (χ3v) is 4.74. The van der Waals surface area contributed by atoms with Crippen molar-refractivity contribution < 1.29 is 4.79 Å². The van der Waals surface area contributed by atoms with E-state index >= 15 is 0 Å². The van der Waals surface area contributed by atoms with Gasteiger partial charge >= 0.3 is 11.1 Å². The summed E-state index contributed by atoms with van der Waals surface area (Å²) in [4.78, 5) is 36.8. The topological polar surface area (TPSA) is 73.1 Å². The number of amides is 1. The summed E-state index contributed by atoms with van der Waals surface area (Å²) in [5.74, 6) is -0.0738. The third kappa shape index (κ3) is 2.94. The first-order valence-electron chi connectivity index (χ1n) is 8.63. The Balaban J connectivity index is 1.68. The molecule has 26 heavy (non-hydrogen) atoms. The average molecular weight is 349 g/mol. The largest absolute Gasteiger partial charge is 0.349 e. The minimum absolute atomic E-state index is 0.0738. The SMILES string of the molecule is Cn1c(=O)c(=O)n(Cc2ccc(C(=O)NC3CC3)cc2)c2ccccc21. The molecular formula is C20H19N3O3. The van der Waals surface area contributed by atoms with Crippen molar-refractivity contribution in [2.24, 2.45) is 7.05 Å². The number of hydrogen-bond acceptors (Lipinski definition) is 3. The Morgan fingerprint density at radius 3 is 2.31 bits per heavy atom. The van der Waals surface area contributed by atoms with Crippen molar-refractivity contribution in [1.29, 1.82) is 0 Å². The van der Waals surface area contributed by atoms with Crippen LogP contribution in [0.5, 0.6) is 0 Å². The van der Waals surface area contributed by atoms with E-state index < -0.39 is 11.1 Å². The van der Waals surface area contributed by atoms with E-state index in [0.717, 1.165) is 18.4 Å². The van der Waals surface area contributed by atoms with Crippen LogP contribution in [0.3, 0.4) is 0 Å². The van der Waals surface area contributed by atoms with Gasteiger partial charge in [-0.15, -0.1) is 0 Å². The Labute approximate surface area is 149 Å². The summed E-state index contributed by atoms with van der Waals surface area (Å²) >= 11 is 0. The van der Waals surface area contributed by atoms with Gasteiger partial charge in [-0.05, 0) is 42.7 Å². The number of aryl methyl sites for hydroxylation is 1. The number of fused-ring (bicyclic) bond motifs is 1. The van der Waals surface area contributed by atoms with E-state index in [2.05, 4.69) is 5.32 Å². The highest BCUT2D eigenvalue weighted by Gasteiger charge is 2.23. The lowest BCUT2D eigenvalue weighted by Crippen LogP contribution is -2.40. The molecule has 1 heterocycles. The number of nitrogens with zero attached hydrogens (tertiary/aromatic N) is 2. The summed E-state index contributed by atoms with van der Waals surface area (Å²) in [5, 5.41) is 2.95. The first kappa shape index (κ1) is 16.3. The molecule has 0 spiro atoms. The molecule has 1 N–H and O–H groups in total. The molecule has 0 aliphatic heterocycles.